The molecule has 1 aliphatic heterocycles. The number of rotatable bonds is 4. The molecule has 1 N–H and O–H groups in total. The van der Waals surface area contributed by atoms with Crippen molar-refractivity contribution in [2.75, 3.05) is 6.54 Å². The lowest BCUT2D eigenvalue weighted by atomic mass is 10.2. The maximum absolute atomic E-state index is 12.3. The van der Waals surface area contributed by atoms with Crippen molar-refractivity contribution in [1.82, 2.24) is 10.2 Å². The summed E-state index contributed by atoms with van der Waals surface area (Å²) in [6, 6.07) is 3.12. The van der Waals surface area contributed by atoms with Crippen molar-refractivity contribution < 1.29 is 14.0 Å². The van der Waals surface area contributed by atoms with Crippen LogP contribution in [-0.2, 0) is 16.1 Å². The van der Waals surface area contributed by atoms with Crippen LogP contribution in [0.3, 0.4) is 0 Å². The van der Waals surface area contributed by atoms with Crippen LogP contribution >= 0.6 is 23.2 Å². The zero-order valence-corrected chi connectivity index (χ0v) is 12.9. The smallest absolute Gasteiger partial charge is 0.243 e. The van der Waals surface area contributed by atoms with Crippen molar-refractivity contribution in [3.63, 3.8) is 0 Å². The Labute approximate surface area is 132 Å². The Bertz CT molecular complexity index is 544. The van der Waals surface area contributed by atoms with E-state index < -0.39 is 10.4 Å². The lowest BCUT2D eigenvalue weighted by Gasteiger charge is -2.24. The predicted molar refractivity (Wildman–Crippen MR) is 77.8 cm³/mol. The highest BCUT2D eigenvalue weighted by molar-refractivity contribution is 6.52. The highest BCUT2D eigenvalue weighted by Gasteiger charge is 2.58. The second-order valence-electron chi connectivity index (χ2n) is 5.50. The molecule has 114 valence electrons. The van der Waals surface area contributed by atoms with Gasteiger partial charge in [-0.15, -0.1) is 23.2 Å². The monoisotopic (exact) mass is 330 g/mol. The van der Waals surface area contributed by atoms with E-state index in [-0.39, 0.29) is 17.7 Å². The Morgan fingerprint density at radius 2 is 2.24 bits per heavy atom. The van der Waals surface area contributed by atoms with Crippen LogP contribution in [0, 0.1) is 5.92 Å². The van der Waals surface area contributed by atoms with E-state index in [2.05, 4.69) is 5.32 Å². The molecule has 2 atom stereocenters. The van der Waals surface area contributed by atoms with Crippen LogP contribution in [-0.4, -0.2) is 33.6 Å². The number of likely N-dealkylation sites (tertiary alicyclic amines) is 1. The summed E-state index contributed by atoms with van der Waals surface area (Å²) >= 11 is 11.9. The highest BCUT2D eigenvalue weighted by Crippen LogP contribution is 2.54. The number of halogens is 2. The summed E-state index contributed by atoms with van der Waals surface area (Å²) in [4.78, 5) is 26.2. The van der Waals surface area contributed by atoms with Crippen molar-refractivity contribution in [2.24, 2.45) is 5.92 Å². The number of carbonyl (C=O) groups excluding carboxylic acids is 2. The van der Waals surface area contributed by atoms with Gasteiger partial charge < -0.3 is 14.6 Å². The van der Waals surface area contributed by atoms with E-state index in [0.29, 0.717) is 31.7 Å². The van der Waals surface area contributed by atoms with Crippen molar-refractivity contribution >= 4 is 35.0 Å². The number of nitrogens with one attached hydrogen (secondary N) is 1. The Morgan fingerprint density at radius 1 is 1.48 bits per heavy atom. The normalized spacial score (nSPS) is 26.7. The molecule has 2 amide bonds. The van der Waals surface area contributed by atoms with Gasteiger partial charge in [-0.05, 0) is 31.4 Å². The van der Waals surface area contributed by atoms with Crippen LogP contribution in [0.5, 0.6) is 0 Å². The van der Waals surface area contributed by atoms with E-state index in [4.69, 9.17) is 27.6 Å². The Kier molecular flexibility index (Phi) is 3.88. The van der Waals surface area contributed by atoms with Gasteiger partial charge in [0, 0.05) is 6.54 Å². The first-order valence-corrected chi connectivity index (χ1v) is 7.73. The van der Waals surface area contributed by atoms with E-state index in [1.807, 2.05) is 0 Å². The summed E-state index contributed by atoms with van der Waals surface area (Å²) in [5, 5.41) is 2.80. The van der Waals surface area contributed by atoms with Crippen LogP contribution in [0.15, 0.2) is 22.8 Å². The average Bonchev–Trinajstić information content (AvgIpc) is 2.93. The third kappa shape index (κ3) is 3.04. The molecule has 2 fully saturated rings. The van der Waals surface area contributed by atoms with Gasteiger partial charge in [-0.25, -0.2) is 0 Å². The maximum atomic E-state index is 12.3. The summed E-state index contributed by atoms with van der Waals surface area (Å²) in [6.07, 6.45) is 3.50. The average molecular weight is 331 g/mol. The quantitative estimate of drug-likeness (QED) is 0.860. The van der Waals surface area contributed by atoms with Crippen molar-refractivity contribution in [1.29, 1.82) is 0 Å². The van der Waals surface area contributed by atoms with Gasteiger partial charge in [0.1, 0.15) is 16.1 Å². The summed E-state index contributed by atoms with van der Waals surface area (Å²) < 4.78 is 4.22. The molecule has 2 heterocycles. The van der Waals surface area contributed by atoms with E-state index in [1.54, 1.807) is 23.3 Å². The summed E-state index contributed by atoms with van der Waals surface area (Å²) in [5.74, 6) is 0.0320. The van der Waals surface area contributed by atoms with Gasteiger partial charge >= 0.3 is 0 Å². The van der Waals surface area contributed by atoms with Gasteiger partial charge in [-0.3, -0.25) is 9.59 Å². The van der Waals surface area contributed by atoms with Gasteiger partial charge in [-0.1, -0.05) is 0 Å². The third-order valence-corrected chi connectivity index (χ3v) is 4.81. The first-order chi connectivity index (χ1) is 9.99. The number of alkyl halides is 2. The largest absolute Gasteiger partial charge is 0.467 e. The number of carbonyl (C=O) groups is 2. The number of hydrogen-bond acceptors (Lipinski definition) is 3. The van der Waals surface area contributed by atoms with E-state index in [9.17, 15) is 9.59 Å². The van der Waals surface area contributed by atoms with E-state index in [0.717, 1.165) is 6.42 Å². The molecule has 0 radical (unpaired) electrons. The Morgan fingerprint density at radius 3 is 2.86 bits per heavy atom. The zero-order chi connectivity index (χ0) is 15.0. The molecule has 1 saturated heterocycles. The third-order valence-electron chi connectivity index (χ3n) is 3.98. The maximum Gasteiger partial charge on any atom is 0.243 e. The molecular formula is C14H16Cl2N2O3. The van der Waals surface area contributed by atoms with Crippen molar-refractivity contribution in [3.8, 4) is 0 Å². The molecule has 0 bridgehead atoms. The van der Waals surface area contributed by atoms with Gasteiger partial charge in [0.2, 0.25) is 11.8 Å². The topological polar surface area (TPSA) is 62.6 Å². The van der Waals surface area contributed by atoms with Crippen LogP contribution in [0.2, 0.25) is 0 Å². The number of hydrogen-bond donors (Lipinski definition) is 1. The molecule has 0 aromatic carbocycles. The summed E-state index contributed by atoms with van der Waals surface area (Å²) in [5.41, 5.74) is 0. The van der Waals surface area contributed by atoms with E-state index in [1.165, 1.54) is 0 Å². The fraction of sp³-hybridized carbons (Fsp3) is 0.571. The molecule has 1 saturated carbocycles. The summed E-state index contributed by atoms with van der Waals surface area (Å²) in [6.45, 7) is 0.904. The number of nitrogens with zero attached hydrogens (tertiary/aromatic N) is 1. The molecule has 0 spiro atoms. The second kappa shape index (κ2) is 5.54. The first-order valence-electron chi connectivity index (χ1n) is 6.97. The minimum Gasteiger partial charge on any atom is -0.467 e. The van der Waals surface area contributed by atoms with Gasteiger partial charge in [0.05, 0.1) is 18.7 Å². The van der Waals surface area contributed by atoms with Crippen LogP contribution < -0.4 is 5.32 Å². The van der Waals surface area contributed by atoms with Crippen LogP contribution in [0.25, 0.3) is 0 Å². The molecule has 1 aromatic rings. The molecular weight excluding hydrogens is 315 g/mol. The molecule has 21 heavy (non-hydrogen) atoms. The standard InChI is InChI=1S/C14H16Cl2N2O3/c15-14(16)7-10(14)13(20)18-5-1-4-11(18)12(19)17-8-9-3-2-6-21-9/h2-3,6,10-11H,1,4-5,7-8H2,(H,17,19). The van der Waals surface area contributed by atoms with E-state index >= 15 is 0 Å². The predicted octanol–water partition coefficient (Wildman–Crippen LogP) is 2.08. The van der Waals surface area contributed by atoms with Gasteiger partial charge in [-0.2, -0.15) is 0 Å². The van der Waals surface area contributed by atoms with Gasteiger partial charge in [0.25, 0.3) is 0 Å². The fourth-order valence-corrected chi connectivity index (χ4v) is 3.18. The Balaban J connectivity index is 1.58. The Hall–Kier alpha value is -1.20. The molecule has 1 aromatic heterocycles. The summed E-state index contributed by atoms with van der Waals surface area (Å²) in [7, 11) is 0. The SMILES string of the molecule is O=C(NCc1ccco1)C1CCCN1C(=O)C1CC1(Cl)Cl. The highest BCUT2D eigenvalue weighted by atomic mass is 35.5. The van der Waals surface area contributed by atoms with Gasteiger partial charge in [0.15, 0.2) is 0 Å². The number of furan rings is 1. The minimum atomic E-state index is -0.950. The van der Waals surface area contributed by atoms with Crippen LogP contribution in [0.1, 0.15) is 25.0 Å². The molecule has 5 nitrogen and oxygen atoms in total. The molecule has 3 rings (SSSR count). The van der Waals surface area contributed by atoms with Crippen molar-refractivity contribution in [2.45, 2.75) is 36.2 Å². The molecule has 1 aliphatic carbocycles. The number of amides is 2. The molecule has 2 aliphatic rings. The minimum absolute atomic E-state index is 0.115. The molecule has 2 unspecified atom stereocenters. The second-order valence-corrected chi connectivity index (χ2v) is 7.05. The van der Waals surface area contributed by atoms with Crippen molar-refractivity contribution in [3.05, 3.63) is 24.2 Å². The zero-order valence-electron chi connectivity index (χ0n) is 11.4. The first kappa shape index (κ1) is 14.7. The fourth-order valence-electron chi connectivity index (χ4n) is 2.69. The lowest BCUT2D eigenvalue weighted by Crippen LogP contribution is -2.46. The lowest BCUT2D eigenvalue weighted by molar-refractivity contribution is -0.139. The van der Waals surface area contributed by atoms with Crippen LogP contribution in [0.4, 0.5) is 0 Å². The molecule has 7 heteroatoms.